The van der Waals surface area contributed by atoms with Gasteiger partial charge in [-0.05, 0) is 30.7 Å². The van der Waals surface area contributed by atoms with E-state index in [9.17, 15) is 8.42 Å². The molecule has 0 aliphatic carbocycles. The van der Waals surface area contributed by atoms with Gasteiger partial charge in [0.2, 0.25) is 10.0 Å². The molecule has 4 nitrogen and oxygen atoms in total. The smallest absolute Gasteiger partial charge is 0.238 e. The molecular weight excluding hydrogens is 304 g/mol. The Morgan fingerprint density at radius 1 is 1.37 bits per heavy atom. The Balaban J connectivity index is 2.20. The predicted molar refractivity (Wildman–Crippen MR) is 79.2 cm³/mol. The number of hydrogen-bond acceptors (Lipinski definition) is 4. The van der Waals surface area contributed by atoms with E-state index in [2.05, 4.69) is 5.32 Å². The Hall–Kier alpha value is -1.08. The molecule has 2 rings (SSSR count). The fourth-order valence-corrected chi connectivity index (χ4v) is 3.15. The van der Waals surface area contributed by atoms with Gasteiger partial charge in [0.25, 0.3) is 0 Å². The number of hydrogen-bond donors (Lipinski definition) is 2. The monoisotopic (exact) mass is 316 g/mol. The molecule has 0 atom stereocenters. The van der Waals surface area contributed by atoms with Gasteiger partial charge < -0.3 is 5.32 Å². The van der Waals surface area contributed by atoms with E-state index in [1.807, 2.05) is 18.4 Å². The average molecular weight is 317 g/mol. The van der Waals surface area contributed by atoms with Crippen molar-refractivity contribution < 1.29 is 8.42 Å². The second-order valence-corrected chi connectivity index (χ2v) is 7.10. The summed E-state index contributed by atoms with van der Waals surface area (Å²) in [6.45, 7) is 2.49. The molecule has 2 aromatic rings. The zero-order valence-corrected chi connectivity index (χ0v) is 12.6. The highest BCUT2D eigenvalue weighted by Crippen LogP contribution is 2.23. The number of benzene rings is 1. The lowest BCUT2D eigenvalue weighted by Crippen LogP contribution is -2.12. The van der Waals surface area contributed by atoms with Crippen LogP contribution in [0, 0.1) is 6.92 Å². The number of nitrogens with two attached hydrogens (primary N) is 1. The number of nitrogens with one attached hydrogen (secondary N) is 1. The fraction of sp³-hybridized carbons (Fsp3) is 0.167. The van der Waals surface area contributed by atoms with Gasteiger partial charge in [0.15, 0.2) is 0 Å². The molecule has 0 spiro atoms. The highest BCUT2D eigenvalue weighted by atomic mass is 35.5. The van der Waals surface area contributed by atoms with Gasteiger partial charge in [-0.1, -0.05) is 17.7 Å². The van der Waals surface area contributed by atoms with Crippen molar-refractivity contribution in [1.82, 2.24) is 0 Å². The number of primary sulfonamides is 1. The molecule has 19 heavy (non-hydrogen) atoms. The molecule has 0 unspecified atom stereocenters. The van der Waals surface area contributed by atoms with Crippen LogP contribution < -0.4 is 10.5 Å². The Morgan fingerprint density at radius 2 is 2.11 bits per heavy atom. The summed E-state index contributed by atoms with van der Waals surface area (Å²) in [5.74, 6) is 0. The minimum Gasteiger partial charge on any atom is -0.380 e. The Kier molecular flexibility index (Phi) is 4.15. The molecule has 0 aliphatic rings. The van der Waals surface area contributed by atoms with Gasteiger partial charge in [0.1, 0.15) is 0 Å². The third-order valence-corrected chi connectivity index (χ3v) is 4.81. The highest BCUT2D eigenvalue weighted by Gasteiger charge is 2.10. The van der Waals surface area contributed by atoms with Crippen molar-refractivity contribution >= 4 is 38.6 Å². The van der Waals surface area contributed by atoms with Crippen LogP contribution in [0.3, 0.4) is 0 Å². The highest BCUT2D eigenvalue weighted by molar-refractivity contribution is 7.89. The van der Waals surface area contributed by atoms with E-state index in [0.717, 1.165) is 16.1 Å². The molecule has 0 amide bonds. The summed E-state index contributed by atoms with van der Waals surface area (Å²) in [6, 6.07) is 6.64. The van der Waals surface area contributed by atoms with Crippen LogP contribution in [0.2, 0.25) is 5.02 Å². The second kappa shape index (κ2) is 5.50. The van der Waals surface area contributed by atoms with Crippen molar-refractivity contribution in [2.24, 2.45) is 5.14 Å². The number of anilines is 1. The van der Waals surface area contributed by atoms with Crippen molar-refractivity contribution in [3.05, 3.63) is 45.1 Å². The molecule has 1 aromatic carbocycles. The van der Waals surface area contributed by atoms with Crippen LogP contribution in [0.5, 0.6) is 0 Å². The van der Waals surface area contributed by atoms with Gasteiger partial charge in [0.05, 0.1) is 9.92 Å². The molecule has 7 heteroatoms. The number of thiophene rings is 1. The molecular formula is C12H13ClN2O2S2. The maximum absolute atomic E-state index is 11.3. The first-order chi connectivity index (χ1) is 8.86. The molecule has 0 saturated carbocycles. The zero-order valence-electron chi connectivity index (χ0n) is 10.2. The van der Waals surface area contributed by atoms with Gasteiger partial charge >= 0.3 is 0 Å². The maximum Gasteiger partial charge on any atom is 0.238 e. The van der Waals surface area contributed by atoms with E-state index >= 15 is 0 Å². The van der Waals surface area contributed by atoms with Gasteiger partial charge in [-0.3, -0.25) is 0 Å². The molecule has 1 aromatic heterocycles. The molecule has 102 valence electrons. The summed E-state index contributed by atoms with van der Waals surface area (Å²) in [6.07, 6.45) is 0. The summed E-state index contributed by atoms with van der Waals surface area (Å²) in [5.41, 5.74) is 1.70. The lowest BCUT2D eigenvalue weighted by molar-refractivity contribution is 0.598. The van der Waals surface area contributed by atoms with Crippen molar-refractivity contribution in [3.8, 4) is 0 Å². The van der Waals surface area contributed by atoms with E-state index in [4.69, 9.17) is 16.7 Å². The minimum absolute atomic E-state index is 0.102. The number of rotatable bonds is 4. The Morgan fingerprint density at radius 3 is 2.68 bits per heavy atom. The lowest BCUT2D eigenvalue weighted by Gasteiger charge is -2.10. The van der Waals surface area contributed by atoms with E-state index < -0.39 is 10.0 Å². The van der Waals surface area contributed by atoms with E-state index in [1.54, 1.807) is 23.5 Å². The van der Waals surface area contributed by atoms with Crippen molar-refractivity contribution in [3.63, 3.8) is 0 Å². The Labute approximate surface area is 121 Å². The quantitative estimate of drug-likeness (QED) is 0.911. The van der Waals surface area contributed by atoms with Crippen LogP contribution in [0.15, 0.2) is 34.5 Å². The number of aryl methyl sites for hydroxylation is 1. The molecule has 0 radical (unpaired) electrons. The molecule has 0 fully saturated rings. The second-order valence-electron chi connectivity index (χ2n) is 4.11. The first-order valence-electron chi connectivity index (χ1n) is 5.46. The zero-order chi connectivity index (χ0) is 14.0. The molecule has 3 N–H and O–H groups in total. The molecule has 1 heterocycles. The molecule has 0 aliphatic heterocycles. The van der Waals surface area contributed by atoms with Gasteiger partial charge in [0, 0.05) is 22.5 Å². The topological polar surface area (TPSA) is 72.2 Å². The number of halogens is 1. The van der Waals surface area contributed by atoms with Gasteiger partial charge in [-0.15, -0.1) is 11.3 Å². The summed E-state index contributed by atoms with van der Waals surface area (Å²) in [5, 5.41) is 10.9. The predicted octanol–water partition coefficient (Wildman–Crippen LogP) is 2.97. The van der Waals surface area contributed by atoms with Crippen LogP contribution >= 0.6 is 22.9 Å². The number of sulfonamides is 1. The van der Waals surface area contributed by atoms with E-state index in [-0.39, 0.29) is 4.90 Å². The van der Waals surface area contributed by atoms with Gasteiger partial charge in [-0.2, -0.15) is 0 Å². The maximum atomic E-state index is 11.3. The minimum atomic E-state index is -3.68. The summed E-state index contributed by atoms with van der Waals surface area (Å²) in [4.78, 5) is 1.18. The summed E-state index contributed by atoms with van der Waals surface area (Å²) in [7, 11) is -3.68. The van der Waals surface area contributed by atoms with Crippen LogP contribution in [-0.4, -0.2) is 8.42 Å². The Bertz CT molecular complexity index is 696. The van der Waals surface area contributed by atoms with Gasteiger partial charge in [-0.25, -0.2) is 13.6 Å². The fourth-order valence-electron chi connectivity index (χ4n) is 1.60. The van der Waals surface area contributed by atoms with Crippen LogP contribution in [0.25, 0.3) is 0 Å². The SMILES string of the molecule is Cc1ccc(S(N)(=O)=O)cc1NCc1cc(Cl)cs1. The van der Waals surface area contributed by atoms with Crippen molar-refractivity contribution in [2.75, 3.05) is 5.32 Å². The standard InChI is InChI=1S/C12H13ClN2O2S2/c1-8-2-3-11(19(14,16)17)5-12(8)15-6-10-4-9(13)7-18-10/h2-5,7,15H,6H2,1H3,(H2,14,16,17). The largest absolute Gasteiger partial charge is 0.380 e. The van der Waals surface area contributed by atoms with Crippen LogP contribution in [0.4, 0.5) is 5.69 Å². The van der Waals surface area contributed by atoms with Crippen molar-refractivity contribution in [1.29, 1.82) is 0 Å². The third-order valence-electron chi connectivity index (χ3n) is 2.61. The first-order valence-corrected chi connectivity index (χ1v) is 8.27. The average Bonchev–Trinajstić information content (AvgIpc) is 2.72. The molecule has 0 bridgehead atoms. The first kappa shape index (κ1) is 14.3. The van der Waals surface area contributed by atoms with Crippen LogP contribution in [-0.2, 0) is 16.6 Å². The lowest BCUT2D eigenvalue weighted by atomic mass is 10.2. The third kappa shape index (κ3) is 3.70. The van der Waals surface area contributed by atoms with E-state index in [1.165, 1.54) is 6.07 Å². The van der Waals surface area contributed by atoms with Crippen LogP contribution in [0.1, 0.15) is 10.4 Å². The van der Waals surface area contributed by atoms with Crippen molar-refractivity contribution in [2.45, 2.75) is 18.4 Å². The van der Waals surface area contributed by atoms with E-state index in [0.29, 0.717) is 11.6 Å². The molecule has 0 saturated heterocycles. The summed E-state index contributed by atoms with van der Waals surface area (Å²) >= 11 is 7.39. The normalized spacial score (nSPS) is 11.5. The summed E-state index contributed by atoms with van der Waals surface area (Å²) < 4.78 is 22.6.